The van der Waals surface area contributed by atoms with E-state index in [9.17, 15) is 4.79 Å². The maximum atomic E-state index is 12.7. The van der Waals surface area contributed by atoms with Gasteiger partial charge in [-0.3, -0.25) is 4.79 Å². The highest BCUT2D eigenvalue weighted by atomic mass is 35.5. The van der Waals surface area contributed by atoms with Crippen LogP contribution in [-0.2, 0) is 11.3 Å². The van der Waals surface area contributed by atoms with E-state index < -0.39 is 6.10 Å². The molecular weight excluding hydrogens is 337 g/mol. The molecule has 2 aromatic carbocycles. The van der Waals surface area contributed by atoms with Crippen LogP contribution in [0.5, 0.6) is 5.75 Å². The Bertz CT molecular complexity index is 715. The van der Waals surface area contributed by atoms with E-state index >= 15 is 0 Å². The maximum Gasteiger partial charge on any atom is 0.268 e. The third-order valence-electron chi connectivity index (χ3n) is 3.62. The molecule has 0 aliphatic carbocycles. The summed E-state index contributed by atoms with van der Waals surface area (Å²) < 4.78 is 5.70. The molecular formula is C17H15Cl2NO3. The number of rotatable bonds is 4. The molecule has 0 radical (unpaired) electrons. The predicted octanol–water partition coefficient (Wildman–Crippen LogP) is 3.67. The summed E-state index contributed by atoms with van der Waals surface area (Å²) in [7, 11) is 0. The van der Waals surface area contributed by atoms with Gasteiger partial charge in [0.25, 0.3) is 5.91 Å². The van der Waals surface area contributed by atoms with Crippen LogP contribution in [0.4, 0.5) is 5.69 Å². The zero-order valence-corrected chi connectivity index (χ0v) is 13.7. The Hall–Kier alpha value is -1.75. The lowest BCUT2D eigenvalue weighted by Gasteiger charge is -2.34. The lowest BCUT2D eigenvalue weighted by molar-refractivity contribution is -0.127. The van der Waals surface area contributed by atoms with Crippen LogP contribution in [0.3, 0.4) is 0 Å². The Balaban J connectivity index is 1.96. The van der Waals surface area contributed by atoms with Crippen molar-refractivity contribution < 1.29 is 14.6 Å². The number of hydrogen-bond acceptors (Lipinski definition) is 3. The maximum absolute atomic E-state index is 12.7. The molecule has 0 saturated carbocycles. The van der Waals surface area contributed by atoms with E-state index in [0.29, 0.717) is 28.0 Å². The van der Waals surface area contributed by atoms with Crippen molar-refractivity contribution in [2.24, 2.45) is 0 Å². The third kappa shape index (κ3) is 3.44. The number of aliphatic hydroxyl groups excluding tert-OH is 1. The van der Waals surface area contributed by atoms with E-state index in [1.54, 1.807) is 23.1 Å². The molecule has 1 aliphatic heterocycles. The van der Waals surface area contributed by atoms with Gasteiger partial charge in [0, 0.05) is 23.1 Å². The van der Waals surface area contributed by atoms with Gasteiger partial charge in [0.1, 0.15) is 5.75 Å². The van der Waals surface area contributed by atoms with Crippen LogP contribution in [-0.4, -0.2) is 23.7 Å². The lowest BCUT2D eigenvalue weighted by Crippen LogP contribution is -2.45. The molecule has 1 amide bonds. The second-order valence-corrected chi connectivity index (χ2v) is 6.16. The van der Waals surface area contributed by atoms with Gasteiger partial charge in [-0.25, -0.2) is 0 Å². The lowest BCUT2D eigenvalue weighted by atomic mass is 10.1. The van der Waals surface area contributed by atoms with E-state index in [1.165, 1.54) is 0 Å². The average molecular weight is 352 g/mol. The first-order chi connectivity index (χ1) is 11.1. The number of aliphatic hydroxyl groups is 1. The average Bonchev–Trinajstić information content (AvgIpc) is 2.50. The summed E-state index contributed by atoms with van der Waals surface area (Å²) in [6, 6.07) is 12.5. The number of halogens is 2. The fourth-order valence-corrected chi connectivity index (χ4v) is 3.19. The zero-order chi connectivity index (χ0) is 16.4. The Labute approximate surface area is 144 Å². The van der Waals surface area contributed by atoms with Gasteiger partial charge in [-0.15, -0.1) is 0 Å². The molecule has 1 unspecified atom stereocenters. The van der Waals surface area contributed by atoms with Crippen LogP contribution < -0.4 is 9.64 Å². The minimum atomic E-state index is -0.690. The van der Waals surface area contributed by atoms with E-state index in [0.717, 1.165) is 5.56 Å². The highest BCUT2D eigenvalue weighted by molar-refractivity contribution is 6.34. The number of para-hydroxylation sites is 2. The number of hydrogen-bond donors (Lipinski definition) is 1. The Morgan fingerprint density at radius 2 is 1.83 bits per heavy atom. The molecule has 0 aromatic heterocycles. The van der Waals surface area contributed by atoms with Gasteiger partial charge in [-0.1, -0.05) is 35.3 Å². The van der Waals surface area contributed by atoms with Crippen LogP contribution in [0, 0.1) is 0 Å². The normalized spacial score (nSPS) is 16.9. The van der Waals surface area contributed by atoms with Gasteiger partial charge in [0.2, 0.25) is 0 Å². The van der Waals surface area contributed by atoms with E-state index in [2.05, 4.69) is 0 Å². The topological polar surface area (TPSA) is 49.8 Å². The highest BCUT2D eigenvalue weighted by Gasteiger charge is 2.33. The molecule has 0 saturated heterocycles. The molecule has 2 aromatic rings. The van der Waals surface area contributed by atoms with Gasteiger partial charge in [0.15, 0.2) is 6.10 Å². The van der Waals surface area contributed by atoms with Gasteiger partial charge in [-0.05, 0) is 35.9 Å². The summed E-state index contributed by atoms with van der Waals surface area (Å²) in [6.07, 6.45) is -0.440. The van der Waals surface area contributed by atoms with Gasteiger partial charge in [-0.2, -0.15) is 0 Å². The first-order valence-electron chi connectivity index (χ1n) is 7.21. The molecule has 0 spiro atoms. The number of benzene rings is 2. The van der Waals surface area contributed by atoms with Crippen molar-refractivity contribution >= 4 is 34.8 Å². The quantitative estimate of drug-likeness (QED) is 0.914. The van der Waals surface area contributed by atoms with Crippen molar-refractivity contribution in [1.29, 1.82) is 0 Å². The first-order valence-corrected chi connectivity index (χ1v) is 7.97. The summed E-state index contributed by atoms with van der Waals surface area (Å²) in [5, 5.41) is 10.2. The second-order valence-electron chi connectivity index (χ2n) is 5.29. The minimum absolute atomic E-state index is 0.116. The minimum Gasteiger partial charge on any atom is -0.478 e. The summed E-state index contributed by atoms with van der Waals surface area (Å²) in [5.74, 6) is 0.438. The fraction of sp³-hybridized carbons (Fsp3) is 0.235. The van der Waals surface area contributed by atoms with Crippen LogP contribution >= 0.6 is 23.2 Å². The molecule has 6 heteroatoms. The SMILES string of the molecule is O=C1C(CCO)Oc2ccccc2N1Cc1cc(Cl)cc(Cl)c1. The highest BCUT2D eigenvalue weighted by Crippen LogP contribution is 2.35. The number of nitrogens with zero attached hydrogens (tertiary/aromatic N) is 1. The molecule has 23 heavy (non-hydrogen) atoms. The van der Waals surface area contributed by atoms with Crippen molar-refractivity contribution in [3.05, 3.63) is 58.1 Å². The second kappa shape index (κ2) is 6.79. The third-order valence-corrected chi connectivity index (χ3v) is 4.06. The number of anilines is 1. The van der Waals surface area contributed by atoms with Crippen LogP contribution in [0.1, 0.15) is 12.0 Å². The van der Waals surface area contributed by atoms with Crippen molar-refractivity contribution in [1.82, 2.24) is 0 Å². The van der Waals surface area contributed by atoms with E-state index in [4.69, 9.17) is 33.0 Å². The molecule has 1 N–H and O–H groups in total. The number of carbonyl (C=O) groups excluding carboxylic acids is 1. The molecule has 0 bridgehead atoms. The molecule has 1 atom stereocenters. The summed E-state index contributed by atoms with van der Waals surface area (Å²) >= 11 is 12.1. The Morgan fingerprint density at radius 3 is 2.52 bits per heavy atom. The summed E-state index contributed by atoms with van der Waals surface area (Å²) in [6.45, 7) is 0.219. The van der Waals surface area contributed by atoms with Crippen LogP contribution in [0.25, 0.3) is 0 Å². The van der Waals surface area contributed by atoms with Crippen molar-refractivity contribution in [2.75, 3.05) is 11.5 Å². The van der Waals surface area contributed by atoms with Crippen LogP contribution in [0.15, 0.2) is 42.5 Å². The fourth-order valence-electron chi connectivity index (χ4n) is 2.62. The van der Waals surface area contributed by atoms with Gasteiger partial charge in [0.05, 0.1) is 12.2 Å². The number of amides is 1. The number of fused-ring (bicyclic) bond motifs is 1. The predicted molar refractivity (Wildman–Crippen MR) is 90.2 cm³/mol. The molecule has 3 rings (SSSR count). The van der Waals surface area contributed by atoms with E-state index in [-0.39, 0.29) is 18.9 Å². The smallest absolute Gasteiger partial charge is 0.268 e. The standard InChI is InChI=1S/C17H15Cl2NO3/c18-12-7-11(8-13(19)9-12)10-20-14-3-1-2-4-15(14)23-16(5-6-21)17(20)22/h1-4,7-9,16,21H,5-6,10H2. The molecule has 1 aliphatic rings. The molecule has 4 nitrogen and oxygen atoms in total. The van der Waals surface area contributed by atoms with Gasteiger partial charge >= 0.3 is 0 Å². The summed E-state index contributed by atoms with van der Waals surface area (Å²) in [4.78, 5) is 14.3. The Kier molecular flexibility index (Phi) is 4.76. The molecule has 120 valence electrons. The van der Waals surface area contributed by atoms with Gasteiger partial charge < -0.3 is 14.7 Å². The number of ether oxygens (including phenoxy) is 1. The Morgan fingerprint density at radius 1 is 1.13 bits per heavy atom. The van der Waals surface area contributed by atoms with Crippen molar-refractivity contribution in [3.8, 4) is 5.75 Å². The van der Waals surface area contributed by atoms with Crippen molar-refractivity contribution in [3.63, 3.8) is 0 Å². The first kappa shape index (κ1) is 16.1. The molecule has 1 heterocycles. The number of carbonyl (C=O) groups is 1. The van der Waals surface area contributed by atoms with Crippen molar-refractivity contribution in [2.45, 2.75) is 19.1 Å². The zero-order valence-electron chi connectivity index (χ0n) is 12.2. The largest absolute Gasteiger partial charge is 0.478 e. The summed E-state index contributed by atoms with van der Waals surface area (Å²) in [5.41, 5.74) is 1.53. The molecule has 0 fully saturated rings. The van der Waals surface area contributed by atoms with E-state index in [1.807, 2.05) is 24.3 Å². The van der Waals surface area contributed by atoms with Crippen LogP contribution in [0.2, 0.25) is 10.0 Å². The monoisotopic (exact) mass is 351 g/mol.